The SMILES string of the molecule is CC1(C)c2ccccc2C(c2ccc3c(c2)[Si](C)(C)c2cc(-c4ccc5c(c4)-c4ccccc4S5(=O)=O)ccc2O3)c2ccccc21. The summed E-state index contributed by atoms with van der Waals surface area (Å²) < 4.78 is 33.1. The van der Waals surface area contributed by atoms with Gasteiger partial charge in [0.1, 0.15) is 19.6 Å². The third-order valence-corrected chi connectivity index (χ3v) is 16.2. The first kappa shape index (κ1) is 28.5. The molecule has 0 saturated carbocycles. The van der Waals surface area contributed by atoms with Crippen LogP contribution in [-0.2, 0) is 15.3 Å². The lowest BCUT2D eigenvalue weighted by Gasteiger charge is -2.40. The maximum absolute atomic E-state index is 13.2. The molecular weight excluding hydrogens is 613 g/mol. The van der Waals surface area contributed by atoms with Crippen LogP contribution in [0.4, 0.5) is 0 Å². The molecule has 2 aliphatic heterocycles. The first-order valence-electron chi connectivity index (χ1n) is 16.2. The van der Waals surface area contributed by atoms with E-state index in [4.69, 9.17) is 4.74 Å². The number of sulfone groups is 1. The van der Waals surface area contributed by atoms with Crippen molar-refractivity contribution >= 4 is 28.3 Å². The molecule has 0 spiro atoms. The monoisotopic (exact) mass is 646 g/mol. The molecule has 5 heteroatoms. The van der Waals surface area contributed by atoms with Gasteiger partial charge in [-0.15, -0.1) is 0 Å². The molecular formula is C42H34O3SSi. The Labute approximate surface area is 277 Å². The van der Waals surface area contributed by atoms with Crippen molar-refractivity contribution < 1.29 is 13.2 Å². The van der Waals surface area contributed by atoms with E-state index in [0.29, 0.717) is 9.79 Å². The van der Waals surface area contributed by atoms with Crippen molar-refractivity contribution in [2.45, 2.75) is 48.1 Å². The average Bonchev–Trinajstić information content (AvgIpc) is 3.31. The maximum Gasteiger partial charge on any atom is 0.207 e. The Bertz CT molecular complexity index is 2370. The Morgan fingerprint density at radius 3 is 1.87 bits per heavy atom. The zero-order valence-electron chi connectivity index (χ0n) is 26.8. The first-order valence-corrected chi connectivity index (χ1v) is 20.7. The molecule has 1 aliphatic carbocycles. The van der Waals surface area contributed by atoms with Crippen molar-refractivity contribution in [3.63, 3.8) is 0 Å². The van der Waals surface area contributed by atoms with Crippen LogP contribution in [0.15, 0.2) is 137 Å². The summed E-state index contributed by atoms with van der Waals surface area (Å²) in [5.41, 5.74) is 10.3. The van der Waals surface area contributed by atoms with Crippen molar-refractivity contribution in [1.29, 1.82) is 0 Å². The van der Waals surface area contributed by atoms with E-state index in [0.717, 1.165) is 33.8 Å². The summed E-state index contributed by atoms with van der Waals surface area (Å²) in [6, 6.07) is 44.2. The summed E-state index contributed by atoms with van der Waals surface area (Å²) in [6.45, 7) is 9.51. The normalized spacial score (nSPS) is 17.3. The van der Waals surface area contributed by atoms with Gasteiger partial charge in [-0.2, -0.15) is 0 Å². The molecule has 6 aromatic rings. The Morgan fingerprint density at radius 2 is 1.15 bits per heavy atom. The zero-order chi connectivity index (χ0) is 32.3. The molecule has 0 aromatic heterocycles. The van der Waals surface area contributed by atoms with E-state index in [1.54, 1.807) is 18.2 Å². The molecule has 0 amide bonds. The number of fused-ring (bicyclic) bond motifs is 7. The fraction of sp³-hybridized carbons (Fsp3) is 0.143. The summed E-state index contributed by atoms with van der Waals surface area (Å²) >= 11 is 0. The van der Waals surface area contributed by atoms with Gasteiger partial charge in [0.25, 0.3) is 0 Å². The predicted molar refractivity (Wildman–Crippen MR) is 192 cm³/mol. The highest BCUT2D eigenvalue weighted by atomic mass is 32.2. The number of hydrogen-bond donors (Lipinski definition) is 0. The standard InChI is InChI=1S/C42H34O3SSi/c1-42(2)33-14-8-5-12-30(33)41(31-13-6-9-15-34(31)42)28-18-21-36-40(25-28)47(3,4)39-24-27(17-20-35(39)45-36)26-19-22-38-32(23-26)29-11-7-10-16-37(29)46(38,43)44/h5-25,41H,1-4H3. The van der Waals surface area contributed by atoms with Crippen LogP contribution in [0.3, 0.4) is 0 Å². The first-order chi connectivity index (χ1) is 22.6. The molecule has 0 unspecified atom stereocenters. The second-order valence-electron chi connectivity index (χ2n) is 14.1. The summed E-state index contributed by atoms with van der Waals surface area (Å²) in [5, 5.41) is 2.55. The molecule has 230 valence electrons. The highest BCUT2D eigenvalue weighted by Gasteiger charge is 2.41. The van der Waals surface area contributed by atoms with Crippen molar-refractivity contribution in [3.8, 4) is 33.8 Å². The molecule has 0 fully saturated rings. The Hall–Kier alpha value is -4.71. The molecule has 9 rings (SSSR count). The molecule has 0 radical (unpaired) electrons. The highest BCUT2D eigenvalue weighted by molar-refractivity contribution is 7.92. The van der Waals surface area contributed by atoms with Crippen molar-refractivity contribution in [1.82, 2.24) is 0 Å². The van der Waals surface area contributed by atoms with Crippen LogP contribution >= 0.6 is 0 Å². The lowest BCUT2D eigenvalue weighted by atomic mass is 9.64. The van der Waals surface area contributed by atoms with Gasteiger partial charge in [0, 0.05) is 22.5 Å². The molecule has 0 saturated heterocycles. The van der Waals surface area contributed by atoms with Gasteiger partial charge in [-0.3, -0.25) is 0 Å². The number of rotatable bonds is 2. The van der Waals surface area contributed by atoms with Gasteiger partial charge >= 0.3 is 0 Å². The second-order valence-corrected chi connectivity index (χ2v) is 20.4. The van der Waals surface area contributed by atoms with E-state index in [2.05, 4.69) is 112 Å². The third kappa shape index (κ3) is 3.93. The molecule has 6 aromatic carbocycles. The third-order valence-electron chi connectivity index (χ3n) is 10.8. The van der Waals surface area contributed by atoms with Gasteiger partial charge in [0.2, 0.25) is 9.84 Å². The van der Waals surface area contributed by atoms with Gasteiger partial charge in [-0.05, 0) is 79.6 Å². The summed E-state index contributed by atoms with van der Waals surface area (Å²) in [7, 11) is -5.73. The number of benzene rings is 6. The van der Waals surface area contributed by atoms with E-state index in [1.807, 2.05) is 24.3 Å². The van der Waals surface area contributed by atoms with Crippen molar-refractivity contribution in [2.24, 2.45) is 0 Å². The fourth-order valence-corrected chi connectivity index (χ4v) is 12.9. The minimum absolute atomic E-state index is 0.0752. The topological polar surface area (TPSA) is 43.4 Å². The quantitative estimate of drug-likeness (QED) is 0.176. The van der Waals surface area contributed by atoms with Gasteiger partial charge in [0.05, 0.1) is 9.79 Å². The second kappa shape index (κ2) is 9.66. The van der Waals surface area contributed by atoms with Crippen LogP contribution in [0.2, 0.25) is 13.1 Å². The average molecular weight is 647 g/mol. The van der Waals surface area contributed by atoms with Crippen LogP contribution in [0, 0.1) is 0 Å². The lowest BCUT2D eigenvalue weighted by Crippen LogP contribution is -2.56. The van der Waals surface area contributed by atoms with Crippen LogP contribution in [0.25, 0.3) is 22.3 Å². The summed E-state index contributed by atoms with van der Waals surface area (Å²) in [5.74, 6) is 2.00. The minimum Gasteiger partial charge on any atom is -0.458 e. The Kier molecular flexibility index (Phi) is 5.86. The maximum atomic E-state index is 13.2. The molecule has 2 heterocycles. The van der Waals surface area contributed by atoms with Crippen molar-refractivity contribution in [3.05, 3.63) is 155 Å². The molecule has 3 nitrogen and oxygen atoms in total. The largest absolute Gasteiger partial charge is 0.458 e. The predicted octanol–water partition coefficient (Wildman–Crippen LogP) is 8.91. The van der Waals surface area contributed by atoms with E-state index in [-0.39, 0.29) is 11.3 Å². The molecule has 0 bridgehead atoms. The molecule has 3 aliphatic rings. The van der Waals surface area contributed by atoms with Crippen LogP contribution in [0.5, 0.6) is 11.5 Å². The van der Waals surface area contributed by atoms with Crippen LogP contribution in [-0.4, -0.2) is 16.5 Å². The molecule has 47 heavy (non-hydrogen) atoms. The zero-order valence-corrected chi connectivity index (χ0v) is 28.7. The molecule has 0 atom stereocenters. The number of hydrogen-bond acceptors (Lipinski definition) is 3. The smallest absolute Gasteiger partial charge is 0.207 e. The fourth-order valence-electron chi connectivity index (χ4n) is 8.36. The Morgan fingerprint density at radius 1 is 0.596 bits per heavy atom. The van der Waals surface area contributed by atoms with Crippen LogP contribution in [0.1, 0.15) is 47.6 Å². The van der Waals surface area contributed by atoms with Crippen molar-refractivity contribution in [2.75, 3.05) is 0 Å². The lowest BCUT2D eigenvalue weighted by molar-refractivity contribution is 0.486. The summed E-state index contributed by atoms with van der Waals surface area (Å²) in [4.78, 5) is 0.771. The summed E-state index contributed by atoms with van der Waals surface area (Å²) in [6.07, 6.45) is 0. The van der Waals surface area contributed by atoms with Gasteiger partial charge in [-0.25, -0.2) is 8.42 Å². The van der Waals surface area contributed by atoms with E-state index >= 15 is 0 Å². The van der Waals surface area contributed by atoms with Gasteiger partial charge in [-0.1, -0.05) is 124 Å². The van der Waals surface area contributed by atoms with Gasteiger partial charge in [0.15, 0.2) is 0 Å². The van der Waals surface area contributed by atoms with Gasteiger partial charge < -0.3 is 4.74 Å². The van der Waals surface area contributed by atoms with Crippen LogP contribution < -0.4 is 15.1 Å². The Balaban J connectivity index is 1.15. The van der Waals surface area contributed by atoms with E-state index < -0.39 is 17.9 Å². The van der Waals surface area contributed by atoms with E-state index in [9.17, 15) is 8.42 Å². The number of ether oxygens (including phenoxy) is 1. The van der Waals surface area contributed by atoms with E-state index in [1.165, 1.54) is 38.2 Å². The highest BCUT2D eigenvalue weighted by Crippen LogP contribution is 2.49. The minimum atomic E-state index is -3.50. The molecule has 0 N–H and O–H groups in total.